The molecule has 0 radical (unpaired) electrons. The molecule has 1 unspecified atom stereocenters. The van der Waals surface area contributed by atoms with Gasteiger partial charge in [-0.3, -0.25) is 0 Å². The lowest BCUT2D eigenvalue weighted by Gasteiger charge is -2.39. The number of methoxy groups -OCH3 is 2. The van der Waals surface area contributed by atoms with Gasteiger partial charge in [0.1, 0.15) is 0 Å². The lowest BCUT2D eigenvalue weighted by atomic mass is 9.68. The zero-order chi connectivity index (χ0) is 17.5. The molecule has 0 spiro atoms. The van der Waals surface area contributed by atoms with Crippen LogP contribution >= 0.6 is 11.8 Å². The molecular weight excluding hydrogens is 316 g/mol. The molecule has 2 aromatic carbocycles. The molecule has 0 fully saturated rings. The standard InChI is InChI=1S/C21H26O2S/c1-20(2)16-13-18(23-6)17(22-5)12-15(16)19(21(20,3)4)24-14-10-8-7-9-11-14/h7-13,19H,1-6H3. The van der Waals surface area contributed by atoms with Crippen LogP contribution in [0.4, 0.5) is 0 Å². The second kappa shape index (κ2) is 6.03. The van der Waals surface area contributed by atoms with Crippen LogP contribution in [-0.4, -0.2) is 14.2 Å². The molecule has 0 aliphatic heterocycles. The van der Waals surface area contributed by atoms with E-state index in [4.69, 9.17) is 9.47 Å². The lowest BCUT2D eigenvalue weighted by molar-refractivity contribution is 0.220. The summed E-state index contributed by atoms with van der Waals surface area (Å²) in [6, 6.07) is 15.0. The van der Waals surface area contributed by atoms with E-state index in [1.807, 2.05) is 11.8 Å². The Balaban J connectivity index is 2.14. The van der Waals surface area contributed by atoms with Crippen molar-refractivity contribution in [1.82, 2.24) is 0 Å². The van der Waals surface area contributed by atoms with Crippen LogP contribution in [0.2, 0.25) is 0 Å². The second-order valence-corrected chi connectivity index (χ2v) is 8.63. The fourth-order valence-corrected chi connectivity index (χ4v) is 5.06. The second-order valence-electron chi connectivity index (χ2n) is 7.45. The van der Waals surface area contributed by atoms with Gasteiger partial charge in [0.15, 0.2) is 11.5 Å². The van der Waals surface area contributed by atoms with Crippen LogP contribution in [-0.2, 0) is 5.41 Å². The first-order chi connectivity index (χ1) is 11.3. The van der Waals surface area contributed by atoms with Crippen molar-refractivity contribution < 1.29 is 9.47 Å². The molecule has 1 atom stereocenters. The van der Waals surface area contributed by atoms with Crippen LogP contribution in [0.15, 0.2) is 47.4 Å². The van der Waals surface area contributed by atoms with Gasteiger partial charge in [0.05, 0.1) is 14.2 Å². The highest BCUT2D eigenvalue weighted by Gasteiger charge is 2.53. The maximum Gasteiger partial charge on any atom is 0.161 e. The molecule has 0 saturated carbocycles. The number of ether oxygens (including phenoxy) is 2. The van der Waals surface area contributed by atoms with Gasteiger partial charge in [-0.2, -0.15) is 0 Å². The van der Waals surface area contributed by atoms with E-state index in [-0.39, 0.29) is 10.8 Å². The van der Waals surface area contributed by atoms with E-state index >= 15 is 0 Å². The minimum absolute atomic E-state index is 0.0499. The summed E-state index contributed by atoms with van der Waals surface area (Å²) in [6.45, 7) is 9.41. The molecule has 1 aliphatic rings. The third kappa shape index (κ3) is 2.50. The number of rotatable bonds is 4. The summed E-state index contributed by atoms with van der Waals surface area (Å²) >= 11 is 1.94. The Kier molecular flexibility index (Phi) is 4.33. The predicted molar refractivity (Wildman–Crippen MR) is 101 cm³/mol. The Morgan fingerprint density at radius 2 is 1.46 bits per heavy atom. The lowest BCUT2D eigenvalue weighted by Crippen LogP contribution is -2.33. The number of hydrogen-bond donors (Lipinski definition) is 0. The van der Waals surface area contributed by atoms with Gasteiger partial charge in [-0.15, -0.1) is 11.8 Å². The normalized spacial score (nSPS) is 20.5. The van der Waals surface area contributed by atoms with Gasteiger partial charge in [0.25, 0.3) is 0 Å². The first-order valence-corrected chi connectivity index (χ1v) is 9.19. The number of benzene rings is 2. The third-order valence-electron chi connectivity index (χ3n) is 5.77. The zero-order valence-electron chi connectivity index (χ0n) is 15.3. The van der Waals surface area contributed by atoms with Crippen molar-refractivity contribution in [3.63, 3.8) is 0 Å². The highest BCUT2D eigenvalue weighted by atomic mass is 32.2. The minimum atomic E-state index is 0.0499. The van der Waals surface area contributed by atoms with Crippen LogP contribution in [0, 0.1) is 5.41 Å². The molecule has 0 heterocycles. The Hall–Kier alpha value is -1.61. The molecule has 24 heavy (non-hydrogen) atoms. The highest BCUT2D eigenvalue weighted by Crippen LogP contribution is 2.64. The fourth-order valence-electron chi connectivity index (χ4n) is 3.56. The van der Waals surface area contributed by atoms with Crippen LogP contribution < -0.4 is 9.47 Å². The van der Waals surface area contributed by atoms with Gasteiger partial charge in [0.2, 0.25) is 0 Å². The smallest absolute Gasteiger partial charge is 0.161 e. The van der Waals surface area contributed by atoms with E-state index in [1.54, 1.807) is 14.2 Å². The molecule has 0 N–H and O–H groups in total. The molecule has 0 amide bonds. The zero-order valence-corrected chi connectivity index (χ0v) is 16.2. The van der Waals surface area contributed by atoms with Gasteiger partial charge in [0, 0.05) is 10.1 Å². The predicted octanol–water partition coefficient (Wildman–Crippen LogP) is 5.85. The first-order valence-electron chi connectivity index (χ1n) is 8.31. The van der Waals surface area contributed by atoms with Crippen molar-refractivity contribution in [3.05, 3.63) is 53.6 Å². The van der Waals surface area contributed by atoms with Gasteiger partial charge < -0.3 is 9.47 Å². The van der Waals surface area contributed by atoms with Gasteiger partial charge in [-0.25, -0.2) is 0 Å². The summed E-state index contributed by atoms with van der Waals surface area (Å²) in [5, 5.41) is 0.365. The van der Waals surface area contributed by atoms with Crippen LogP contribution in [0.1, 0.15) is 44.1 Å². The van der Waals surface area contributed by atoms with Crippen LogP contribution in [0.3, 0.4) is 0 Å². The van der Waals surface area contributed by atoms with E-state index in [0.29, 0.717) is 5.25 Å². The Morgan fingerprint density at radius 1 is 0.875 bits per heavy atom. The minimum Gasteiger partial charge on any atom is -0.493 e. The molecule has 2 aromatic rings. The topological polar surface area (TPSA) is 18.5 Å². The number of fused-ring (bicyclic) bond motifs is 1. The van der Waals surface area contributed by atoms with Crippen LogP contribution in [0.25, 0.3) is 0 Å². The third-order valence-corrected chi connectivity index (χ3v) is 7.40. The monoisotopic (exact) mass is 342 g/mol. The average molecular weight is 343 g/mol. The summed E-state index contributed by atoms with van der Waals surface area (Å²) in [4.78, 5) is 1.30. The quantitative estimate of drug-likeness (QED) is 0.694. The number of thioether (sulfide) groups is 1. The summed E-state index contributed by atoms with van der Waals surface area (Å²) < 4.78 is 11.1. The molecule has 128 valence electrons. The van der Waals surface area contributed by atoms with Crippen molar-refractivity contribution in [2.24, 2.45) is 5.41 Å². The molecule has 3 rings (SSSR count). The summed E-state index contributed by atoms with van der Waals surface area (Å²) in [6.07, 6.45) is 0. The molecule has 0 aromatic heterocycles. The van der Waals surface area contributed by atoms with Gasteiger partial charge in [-0.05, 0) is 46.2 Å². The Bertz CT molecular complexity index is 735. The average Bonchev–Trinajstić information content (AvgIpc) is 2.72. The first kappa shape index (κ1) is 17.2. The van der Waals surface area contributed by atoms with Crippen molar-refractivity contribution >= 4 is 11.8 Å². The Labute approximate surface area is 149 Å². The van der Waals surface area contributed by atoms with Crippen molar-refractivity contribution in [1.29, 1.82) is 0 Å². The van der Waals surface area contributed by atoms with E-state index in [0.717, 1.165) is 11.5 Å². The van der Waals surface area contributed by atoms with E-state index in [2.05, 4.69) is 70.2 Å². The van der Waals surface area contributed by atoms with E-state index in [9.17, 15) is 0 Å². The van der Waals surface area contributed by atoms with Crippen LogP contribution in [0.5, 0.6) is 11.5 Å². The summed E-state index contributed by atoms with van der Waals surface area (Å²) in [5.74, 6) is 1.62. The van der Waals surface area contributed by atoms with E-state index in [1.165, 1.54) is 16.0 Å². The Morgan fingerprint density at radius 3 is 2.04 bits per heavy atom. The van der Waals surface area contributed by atoms with Crippen molar-refractivity contribution in [2.45, 2.75) is 43.3 Å². The summed E-state index contributed by atoms with van der Waals surface area (Å²) in [7, 11) is 3.41. The van der Waals surface area contributed by atoms with E-state index < -0.39 is 0 Å². The molecule has 1 aliphatic carbocycles. The molecule has 3 heteroatoms. The summed E-state index contributed by atoms with van der Waals surface area (Å²) in [5.41, 5.74) is 2.87. The fraction of sp³-hybridized carbons (Fsp3) is 0.429. The molecule has 0 saturated heterocycles. The maximum absolute atomic E-state index is 5.56. The largest absolute Gasteiger partial charge is 0.493 e. The molecule has 2 nitrogen and oxygen atoms in total. The van der Waals surface area contributed by atoms with Crippen molar-refractivity contribution in [2.75, 3.05) is 14.2 Å². The maximum atomic E-state index is 5.56. The SMILES string of the molecule is COc1cc2c(cc1OC)C(C)(C)C(C)(C)C2Sc1ccccc1. The van der Waals surface area contributed by atoms with Gasteiger partial charge >= 0.3 is 0 Å². The number of hydrogen-bond acceptors (Lipinski definition) is 3. The molecule has 0 bridgehead atoms. The highest BCUT2D eigenvalue weighted by molar-refractivity contribution is 7.99. The van der Waals surface area contributed by atoms with Gasteiger partial charge in [-0.1, -0.05) is 45.9 Å². The molecular formula is C21H26O2S. The van der Waals surface area contributed by atoms with Crippen molar-refractivity contribution in [3.8, 4) is 11.5 Å².